The van der Waals surface area contributed by atoms with Crippen molar-refractivity contribution in [2.45, 2.75) is 0 Å². The van der Waals surface area contributed by atoms with E-state index >= 15 is 0 Å². The van der Waals surface area contributed by atoms with Crippen molar-refractivity contribution in [1.82, 2.24) is 14.1 Å². The van der Waals surface area contributed by atoms with Gasteiger partial charge in [0.15, 0.2) is 0 Å². The van der Waals surface area contributed by atoms with Crippen LogP contribution in [-0.2, 0) is 7.05 Å². The Kier molecular flexibility index (Phi) is 5.22. The Balaban J connectivity index is 1.52. The zero-order chi connectivity index (χ0) is 27.5. The molecule has 0 atom stereocenters. The molecule has 0 radical (unpaired) electrons. The molecule has 0 unspecified atom stereocenters. The number of hydrogen-bond acceptors (Lipinski definition) is 2. The Labute approximate surface area is 238 Å². The number of benzene rings is 5. The summed E-state index contributed by atoms with van der Waals surface area (Å²) in [7, 11) is 2.10. The number of rotatable bonds is 2. The molecule has 1 aliphatic rings. The minimum atomic E-state index is 0.683. The van der Waals surface area contributed by atoms with Gasteiger partial charge in [0.25, 0.3) is 0 Å². The van der Waals surface area contributed by atoms with Gasteiger partial charge in [-0.1, -0.05) is 91.5 Å². The van der Waals surface area contributed by atoms with Crippen molar-refractivity contribution in [3.63, 3.8) is 0 Å². The van der Waals surface area contributed by atoms with E-state index in [1.165, 1.54) is 27.1 Å². The Morgan fingerprint density at radius 1 is 0.732 bits per heavy atom. The molecular formula is C37H28N4. The molecule has 0 saturated heterocycles. The number of fused-ring (bicyclic) bond motifs is 7. The Bertz CT molecular complexity index is 2210. The van der Waals surface area contributed by atoms with E-state index < -0.39 is 0 Å². The van der Waals surface area contributed by atoms with Gasteiger partial charge in [-0.2, -0.15) is 0 Å². The van der Waals surface area contributed by atoms with Crippen molar-refractivity contribution in [3.8, 4) is 5.69 Å². The molecule has 0 amide bonds. The summed E-state index contributed by atoms with van der Waals surface area (Å²) in [6.45, 7) is 5.30. The lowest BCUT2D eigenvalue weighted by atomic mass is 9.99. The molecule has 4 heteroatoms. The summed E-state index contributed by atoms with van der Waals surface area (Å²) in [4.78, 5) is 7.41. The molecule has 3 heterocycles. The van der Waals surface area contributed by atoms with E-state index in [0.29, 0.717) is 6.54 Å². The first-order chi connectivity index (χ1) is 20.2. The van der Waals surface area contributed by atoms with Crippen LogP contribution >= 0.6 is 0 Å². The third-order valence-corrected chi connectivity index (χ3v) is 8.24. The number of nitrogens with zero attached hydrogens (tertiary/aromatic N) is 4. The third kappa shape index (κ3) is 3.57. The zero-order valence-electron chi connectivity index (χ0n) is 22.8. The van der Waals surface area contributed by atoms with E-state index in [2.05, 4.69) is 149 Å². The highest BCUT2D eigenvalue weighted by molar-refractivity contribution is 6.17. The Hall–Kier alpha value is -5.35. The summed E-state index contributed by atoms with van der Waals surface area (Å²) in [5.41, 5.74) is 8.71. The van der Waals surface area contributed by atoms with E-state index in [0.717, 1.165) is 45.0 Å². The number of anilines is 2. The summed E-state index contributed by atoms with van der Waals surface area (Å²) >= 11 is 0. The molecule has 0 spiro atoms. The highest BCUT2D eigenvalue weighted by Crippen LogP contribution is 2.44. The summed E-state index contributed by atoms with van der Waals surface area (Å²) in [5.74, 6) is 0.902. The van der Waals surface area contributed by atoms with Gasteiger partial charge in [-0.25, -0.2) is 4.98 Å². The second-order valence-corrected chi connectivity index (χ2v) is 10.6. The predicted octanol–water partition coefficient (Wildman–Crippen LogP) is 9.10. The molecule has 4 nitrogen and oxygen atoms in total. The maximum atomic E-state index is 5.10. The van der Waals surface area contributed by atoms with Crippen molar-refractivity contribution in [2.24, 2.45) is 7.05 Å². The van der Waals surface area contributed by atoms with Gasteiger partial charge < -0.3 is 14.0 Å². The van der Waals surface area contributed by atoms with Crippen LogP contribution in [0.4, 0.5) is 11.6 Å². The Morgan fingerprint density at radius 3 is 2.32 bits per heavy atom. The van der Waals surface area contributed by atoms with Crippen LogP contribution in [0.2, 0.25) is 0 Å². The maximum Gasteiger partial charge on any atom is 0.211 e. The molecule has 7 aromatic rings. The fourth-order valence-corrected chi connectivity index (χ4v) is 6.33. The average Bonchev–Trinajstić information content (AvgIpc) is 3.53. The monoisotopic (exact) mass is 528 g/mol. The summed E-state index contributed by atoms with van der Waals surface area (Å²) in [6, 6.07) is 36.8. The van der Waals surface area contributed by atoms with Gasteiger partial charge in [0.2, 0.25) is 5.95 Å². The number of aryl methyl sites for hydroxylation is 1. The van der Waals surface area contributed by atoms with Crippen molar-refractivity contribution in [2.75, 3.05) is 11.4 Å². The molecule has 5 aromatic carbocycles. The second kappa shape index (κ2) is 9.10. The first kappa shape index (κ1) is 23.5. The molecule has 0 fully saturated rings. The highest BCUT2D eigenvalue weighted by atomic mass is 15.3. The molecule has 1 aliphatic heterocycles. The minimum absolute atomic E-state index is 0.683. The Morgan fingerprint density at radius 2 is 1.49 bits per heavy atom. The molecule has 2 aromatic heterocycles. The quantitative estimate of drug-likeness (QED) is 0.224. The van der Waals surface area contributed by atoms with Gasteiger partial charge in [-0.3, -0.25) is 0 Å². The van der Waals surface area contributed by atoms with E-state index in [4.69, 9.17) is 4.98 Å². The lowest BCUT2D eigenvalue weighted by molar-refractivity contribution is 0.888. The maximum absolute atomic E-state index is 5.10. The number of imidazole rings is 1. The van der Waals surface area contributed by atoms with Crippen LogP contribution in [0.25, 0.3) is 54.9 Å². The van der Waals surface area contributed by atoms with Crippen LogP contribution in [-0.4, -0.2) is 20.7 Å². The molecule has 0 saturated carbocycles. The molecule has 0 N–H and O–H groups in total. The standard InChI is InChI=1S/C37H28N4/c1-25-13-5-4-12-22-40(37-38-31-18-10-11-19-32(31)39(37)2)33-21-20-29-30-23-26-14-8-9-15-27(26)24-34(30)41(36(29)35(25)33)28-16-6-3-7-17-28/h3-21,23-24H,1,22H2,2H3/b12-4-,13-5-. The molecule has 0 aliphatic carbocycles. The van der Waals surface area contributed by atoms with Crippen LogP contribution in [0.1, 0.15) is 5.56 Å². The average molecular weight is 529 g/mol. The summed E-state index contributed by atoms with van der Waals surface area (Å²) in [5, 5.41) is 4.90. The third-order valence-electron chi connectivity index (χ3n) is 8.24. The van der Waals surface area contributed by atoms with Gasteiger partial charge in [0.1, 0.15) is 0 Å². The highest BCUT2D eigenvalue weighted by Gasteiger charge is 2.25. The largest absolute Gasteiger partial charge is 0.313 e. The molecule has 196 valence electrons. The topological polar surface area (TPSA) is 26.0 Å². The number of allylic oxidation sites excluding steroid dienone is 4. The van der Waals surface area contributed by atoms with Crippen LogP contribution in [0, 0.1) is 0 Å². The van der Waals surface area contributed by atoms with Gasteiger partial charge in [0, 0.05) is 35.6 Å². The van der Waals surface area contributed by atoms with Crippen molar-refractivity contribution >= 4 is 60.8 Å². The molecular weight excluding hydrogens is 500 g/mol. The predicted molar refractivity (Wildman–Crippen MR) is 173 cm³/mol. The van der Waals surface area contributed by atoms with Gasteiger partial charge in [0.05, 0.1) is 27.8 Å². The first-order valence-electron chi connectivity index (χ1n) is 14.0. The molecule has 8 rings (SSSR count). The normalized spacial score (nSPS) is 15.2. The van der Waals surface area contributed by atoms with Crippen molar-refractivity contribution in [3.05, 3.63) is 140 Å². The summed E-state index contributed by atoms with van der Waals surface area (Å²) in [6.07, 6.45) is 8.50. The van der Waals surface area contributed by atoms with Crippen molar-refractivity contribution < 1.29 is 0 Å². The first-order valence-corrected chi connectivity index (χ1v) is 14.0. The number of aromatic nitrogens is 3. The van der Waals surface area contributed by atoms with Crippen LogP contribution < -0.4 is 4.90 Å². The lowest BCUT2D eigenvalue weighted by Gasteiger charge is -2.26. The van der Waals surface area contributed by atoms with Crippen LogP contribution in [0.3, 0.4) is 0 Å². The fraction of sp³-hybridized carbons (Fsp3) is 0.0541. The number of para-hydroxylation sites is 3. The van der Waals surface area contributed by atoms with E-state index in [9.17, 15) is 0 Å². The molecule has 0 bridgehead atoms. The van der Waals surface area contributed by atoms with E-state index in [1.54, 1.807) is 0 Å². The van der Waals surface area contributed by atoms with Gasteiger partial charge in [-0.15, -0.1) is 0 Å². The van der Waals surface area contributed by atoms with E-state index in [-0.39, 0.29) is 0 Å². The number of hydrogen-bond donors (Lipinski definition) is 0. The zero-order valence-corrected chi connectivity index (χ0v) is 22.8. The smallest absolute Gasteiger partial charge is 0.211 e. The fourth-order valence-electron chi connectivity index (χ4n) is 6.33. The van der Waals surface area contributed by atoms with Gasteiger partial charge >= 0.3 is 0 Å². The lowest BCUT2D eigenvalue weighted by Crippen LogP contribution is -2.22. The summed E-state index contributed by atoms with van der Waals surface area (Å²) < 4.78 is 4.60. The van der Waals surface area contributed by atoms with Crippen molar-refractivity contribution in [1.29, 1.82) is 0 Å². The minimum Gasteiger partial charge on any atom is -0.313 e. The van der Waals surface area contributed by atoms with Gasteiger partial charge in [-0.05, 0) is 58.8 Å². The van der Waals surface area contributed by atoms with E-state index in [1.807, 2.05) is 6.07 Å². The molecule has 41 heavy (non-hydrogen) atoms. The van der Waals surface area contributed by atoms with Crippen LogP contribution in [0.15, 0.2) is 134 Å². The van der Waals surface area contributed by atoms with Crippen LogP contribution in [0.5, 0.6) is 0 Å². The second-order valence-electron chi connectivity index (χ2n) is 10.6. The SMILES string of the molecule is C=C1/C=C\C=C/CN(c2nc3ccccc3n2C)c2ccc3c4cc5ccccc5cc4n(-c4ccccc4)c3c21.